The molecule has 0 radical (unpaired) electrons. The van der Waals surface area contributed by atoms with Gasteiger partial charge >= 0.3 is 0 Å². The van der Waals surface area contributed by atoms with Gasteiger partial charge < -0.3 is 0 Å². The van der Waals surface area contributed by atoms with E-state index in [-0.39, 0.29) is 0 Å². The quantitative estimate of drug-likeness (QED) is 0.820. The molecule has 0 aliphatic carbocycles. The summed E-state index contributed by atoms with van der Waals surface area (Å²) in [7, 11) is -1.31. The molecule has 0 spiro atoms. The number of hydrogen-bond acceptors (Lipinski definition) is 2. The van der Waals surface area contributed by atoms with Crippen LogP contribution in [0.25, 0.3) is 0 Å². The van der Waals surface area contributed by atoms with E-state index in [4.69, 9.17) is 11.6 Å². The third-order valence-corrected chi connectivity index (χ3v) is 3.92. The predicted octanol–water partition coefficient (Wildman–Crippen LogP) is 3.21. The first-order chi connectivity index (χ1) is 7.68. The Morgan fingerprint density at radius 2 is 2.06 bits per heavy atom. The second kappa shape index (κ2) is 4.76. The molecule has 0 N–H and O–H groups in total. The molecule has 0 saturated heterocycles. The molecule has 2 rings (SSSR count). The van der Waals surface area contributed by atoms with Gasteiger partial charge in [0.15, 0.2) is 0 Å². The topological polar surface area (TPSA) is 30.0 Å². The third kappa shape index (κ3) is 2.31. The molecule has 1 aromatic heterocycles. The van der Waals surface area contributed by atoms with Crippen LogP contribution in [0.5, 0.6) is 0 Å². The fraction of sp³-hybridized carbons (Fsp3) is 0.0833. The molecule has 1 unspecified atom stereocenters. The molecule has 0 saturated carbocycles. The molecule has 0 bridgehead atoms. The highest BCUT2D eigenvalue weighted by atomic mass is 35.5. The van der Waals surface area contributed by atoms with E-state index in [9.17, 15) is 4.21 Å². The van der Waals surface area contributed by atoms with Crippen LogP contribution in [0.3, 0.4) is 0 Å². The molecule has 1 aromatic carbocycles. The van der Waals surface area contributed by atoms with Gasteiger partial charge in [-0.15, -0.1) is 0 Å². The standard InChI is InChI=1S/C12H10ClNOS/c1-9-5-6-11(10(13)8-9)16(15)12-4-2-3-7-14-12/h2-8H,1H3. The predicted molar refractivity (Wildman–Crippen MR) is 65.1 cm³/mol. The largest absolute Gasteiger partial charge is 0.247 e. The van der Waals surface area contributed by atoms with E-state index in [0.717, 1.165) is 5.56 Å². The van der Waals surface area contributed by atoms with Crippen molar-refractivity contribution in [2.24, 2.45) is 0 Å². The van der Waals surface area contributed by atoms with E-state index < -0.39 is 10.8 Å². The minimum absolute atomic E-state index is 0.518. The van der Waals surface area contributed by atoms with Crippen LogP contribution < -0.4 is 0 Å². The van der Waals surface area contributed by atoms with Gasteiger partial charge in [0.1, 0.15) is 15.8 Å². The first kappa shape index (κ1) is 11.3. The molecule has 4 heteroatoms. The lowest BCUT2D eigenvalue weighted by Gasteiger charge is -2.04. The third-order valence-electron chi connectivity index (χ3n) is 2.11. The zero-order valence-electron chi connectivity index (χ0n) is 8.68. The van der Waals surface area contributed by atoms with Gasteiger partial charge in [-0.05, 0) is 36.8 Å². The summed E-state index contributed by atoms with van der Waals surface area (Å²) < 4.78 is 12.1. The Morgan fingerprint density at radius 3 is 2.69 bits per heavy atom. The van der Waals surface area contributed by atoms with Crippen LogP contribution in [0.15, 0.2) is 52.5 Å². The summed E-state index contributed by atoms with van der Waals surface area (Å²) in [4.78, 5) is 4.66. The van der Waals surface area contributed by atoms with Gasteiger partial charge in [-0.2, -0.15) is 0 Å². The van der Waals surface area contributed by atoms with Crippen molar-refractivity contribution in [1.82, 2.24) is 4.98 Å². The van der Waals surface area contributed by atoms with E-state index in [2.05, 4.69) is 4.98 Å². The Morgan fingerprint density at radius 1 is 1.25 bits per heavy atom. The van der Waals surface area contributed by atoms with Gasteiger partial charge in [-0.1, -0.05) is 23.7 Å². The lowest BCUT2D eigenvalue weighted by Crippen LogP contribution is -1.96. The number of halogens is 1. The molecule has 0 fully saturated rings. The molecule has 1 heterocycles. The second-order valence-electron chi connectivity index (χ2n) is 3.37. The Hall–Kier alpha value is -1.19. The molecule has 82 valence electrons. The number of rotatable bonds is 2. The minimum atomic E-state index is -1.31. The van der Waals surface area contributed by atoms with E-state index in [1.165, 1.54) is 0 Å². The molecule has 1 atom stereocenters. The van der Waals surface area contributed by atoms with Crippen molar-refractivity contribution >= 4 is 22.4 Å². The molecule has 0 amide bonds. The lowest BCUT2D eigenvalue weighted by atomic mass is 10.2. The van der Waals surface area contributed by atoms with Crippen molar-refractivity contribution in [2.75, 3.05) is 0 Å². The fourth-order valence-corrected chi connectivity index (χ4v) is 2.78. The first-order valence-electron chi connectivity index (χ1n) is 4.77. The molecule has 2 nitrogen and oxygen atoms in total. The maximum Gasteiger partial charge on any atom is 0.132 e. The number of aryl methyl sites for hydroxylation is 1. The van der Waals surface area contributed by atoms with Crippen molar-refractivity contribution in [3.63, 3.8) is 0 Å². The van der Waals surface area contributed by atoms with E-state index >= 15 is 0 Å². The van der Waals surface area contributed by atoms with Crippen molar-refractivity contribution in [2.45, 2.75) is 16.8 Å². The van der Waals surface area contributed by atoms with Crippen molar-refractivity contribution in [3.05, 3.63) is 53.2 Å². The SMILES string of the molecule is Cc1ccc(S(=O)c2ccccn2)c(Cl)c1. The Labute approximate surface area is 102 Å². The van der Waals surface area contributed by atoms with Crippen LogP contribution in [0, 0.1) is 6.92 Å². The Kier molecular flexibility index (Phi) is 3.36. The molecule has 2 aromatic rings. The summed E-state index contributed by atoms with van der Waals surface area (Å²) in [6, 6.07) is 10.8. The van der Waals surface area contributed by atoms with Crippen LogP contribution in [-0.2, 0) is 10.8 Å². The summed E-state index contributed by atoms with van der Waals surface area (Å²) in [6.07, 6.45) is 1.62. The zero-order valence-corrected chi connectivity index (χ0v) is 10.3. The van der Waals surface area contributed by atoms with Gasteiger partial charge in [-0.3, -0.25) is 0 Å². The lowest BCUT2D eigenvalue weighted by molar-refractivity contribution is 0.680. The number of aromatic nitrogens is 1. The van der Waals surface area contributed by atoms with Crippen molar-refractivity contribution < 1.29 is 4.21 Å². The van der Waals surface area contributed by atoms with Crippen LogP contribution in [0.2, 0.25) is 5.02 Å². The highest BCUT2D eigenvalue weighted by Crippen LogP contribution is 2.24. The Balaban J connectivity index is 2.42. The molecule has 0 aliphatic rings. The molecule has 0 aliphatic heterocycles. The summed E-state index contributed by atoms with van der Waals surface area (Å²) in [6.45, 7) is 1.94. The fourth-order valence-electron chi connectivity index (χ4n) is 1.33. The summed E-state index contributed by atoms with van der Waals surface area (Å²) in [5.41, 5.74) is 1.05. The maximum absolute atomic E-state index is 12.1. The van der Waals surface area contributed by atoms with Gasteiger partial charge in [0.2, 0.25) is 0 Å². The van der Waals surface area contributed by atoms with Gasteiger partial charge in [-0.25, -0.2) is 9.19 Å². The normalized spacial score (nSPS) is 12.4. The minimum Gasteiger partial charge on any atom is -0.247 e. The van der Waals surface area contributed by atoms with Gasteiger partial charge in [0, 0.05) is 6.20 Å². The zero-order chi connectivity index (χ0) is 11.5. The van der Waals surface area contributed by atoms with E-state index in [1.807, 2.05) is 19.1 Å². The van der Waals surface area contributed by atoms with E-state index in [1.54, 1.807) is 30.5 Å². The summed E-state index contributed by atoms with van der Waals surface area (Å²) >= 11 is 6.05. The molecule has 16 heavy (non-hydrogen) atoms. The number of benzene rings is 1. The number of hydrogen-bond donors (Lipinski definition) is 0. The maximum atomic E-state index is 12.1. The van der Waals surface area contributed by atoms with Crippen LogP contribution in [0.4, 0.5) is 0 Å². The monoisotopic (exact) mass is 251 g/mol. The first-order valence-corrected chi connectivity index (χ1v) is 6.30. The van der Waals surface area contributed by atoms with Crippen molar-refractivity contribution in [1.29, 1.82) is 0 Å². The summed E-state index contributed by atoms with van der Waals surface area (Å²) in [5.74, 6) is 0. The number of pyridine rings is 1. The highest BCUT2D eigenvalue weighted by molar-refractivity contribution is 7.85. The van der Waals surface area contributed by atoms with Gasteiger partial charge in [0.25, 0.3) is 0 Å². The van der Waals surface area contributed by atoms with Crippen molar-refractivity contribution in [3.8, 4) is 0 Å². The average molecular weight is 252 g/mol. The van der Waals surface area contributed by atoms with Crippen LogP contribution in [-0.4, -0.2) is 9.19 Å². The van der Waals surface area contributed by atoms with Gasteiger partial charge in [0.05, 0.1) is 9.92 Å². The van der Waals surface area contributed by atoms with Crippen LogP contribution >= 0.6 is 11.6 Å². The molecular formula is C12H10ClNOS. The summed E-state index contributed by atoms with van der Waals surface area (Å²) in [5, 5.41) is 1.04. The Bertz CT molecular complexity index is 528. The second-order valence-corrected chi connectivity index (χ2v) is 5.17. The van der Waals surface area contributed by atoms with E-state index in [0.29, 0.717) is 14.9 Å². The van der Waals surface area contributed by atoms with Crippen LogP contribution in [0.1, 0.15) is 5.56 Å². The highest BCUT2D eigenvalue weighted by Gasteiger charge is 2.11. The number of nitrogens with zero attached hydrogens (tertiary/aromatic N) is 1. The smallest absolute Gasteiger partial charge is 0.132 e. The molecular weight excluding hydrogens is 242 g/mol. The average Bonchev–Trinajstić information content (AvgIpc) is 2.29.